The van der Waals surface area contributed by atoms with Crippen molar-refractivity contribution in [1.82, 2.24) is 5.43 Å². The summed E-state index contributed by atoms with van der Waals surface area (Å²) in [6.07, 6.45) is 2.32. The second-order valence-corrected chi connectivity index (χ2v) is 7.59. The van der Waals surface area contributed by atoms with Crippen LogP contribution in [-0.2, 0) is 4.79 Å². The highest BCUT2D eigenvalue weighted by atomic mass is 35.5. The Hall–Kier alpha value is -4.04. The number of benzene rings is 3. The van der Waals surface area contributed by atoms with Crippen LogP contribution in [0.15, 0.2) is 71.8 Å². The highest BCUT2D eigenvalue weighted by molar-refractivity contribution is 6.32. The molecule has 0 radical (unpaired) electrons. The van der Waals surface area contributed by atoms with Gasteiger partial charge in [-0.3, -0.25) is 4.79 Å². The Morgan fingerprint density at radius 2 is 1.74 bits per heavy atom. The van der Waals surface area contributed by atoms with Gasteiger partial charge < -0.3 is 18.9 Å². The van der Waals surface area contributed by atoms with Gasteiger partial charge in [0.1, 0.15) is 11.5 Å². The summed E-state index contributed by atoms with van der Waals surface area (Å²) in [6.45, 7) is 2.38. The van der Waals surface area contributed by atoms with E-state index in [1.165, 1.54) is 13.3 Å². The number of nitrogens with zero attached hydrogens (tertiary/aromatic N) is 1. The number of hydrogen-bond acceptors (Lipinski definition) is 7. The molecule has 9 heteroatoms. The summed E-state index contributed by atoms with van der Waals surface area (Å²) >= 11 is 5.99. The fourth-order valence-corrected chi connectivity index (χ4v) is 3.02. The van der Waals surface area contributed by atoms with Gasteiger partial charge >= 0.3 is 5.97 Å². The van der Waals surface area contributed by atoms with Crippen LogP contribution in [0.5, 0.6) is 23.0 Å². The summed E-state index contributed by atoms with van der Waals surface area (Å²) in [4.78, 5) is 24.5. The van der Waals surface area contributed by atoms with Crippen LogP contribution in [0.3, 0.4) is 0 Å². The topological polar surface area (TPSA) is 95.5 Å². The number of amides is 1. The van der Waals surface area contributed by atoms with Crippen molar-refractivity contribution in [3.63, 3.8) is 0 Å². The van der Waals surface area contributed by atoms with Crippen LogP contribution < -0.4 is 24.4 Å². The van der Waals surface area contributed by atoms with Gasteiger partial charge in [0.15, 0.2) is 18.1 Å². The van der Waals surface area contributed by atoms with Crippen LogP contribution in [0.2, 0.25) is 5.02 Å². The summed E-state index contributed by atoms with van der Waals surface area (Å²) in [5, 5.41) is 4.32. The highest BCUT2D eigenvalue weighted by Crippen LogP contribution is 2.28. The Labute approximate surface area is 208 Å². The molecule has 0 saturated heterocycles. The number of methoxy groups -OCH3 is 1. The maximum absolute atomic E-state index is 12.5. The van der Waals surface area contributed by atoms with Gasteiger partial charge in [-0.25, -0.2) is 10.2 Å². The molecule has 182 valence electrons. The molecule has 3 aromatic carbocycles. The van der Waals surface area contributed by atoms with Crippen LogP contribution >= 0.6 is 11.6 Å². The first-order valence-corrected chi connectivity index (χ1v) is 11.2. The van der Waals surface area contributed by atoms with Crippen molar-refractivity contribution in [1.29, 1.82) is 0 Å². The summed E-state index contributed by atoms with van der Waals surface area (Å²) in [6, 6.07) is 18.4. The Balaban J connectivity index is 1.55. The molecule has 0 fully saturated rings. The summed E-state index contributed by atoms with van der Waals surface area (Å²) in [5.74, 6) is 0.690. The van der Waals surface area contributed by atoms with Crippen LogP contribution in [0.1, 0.15) is 29.3 Å². The van der Waals surface area contributed by atoms with Gasteiger partial charge in [0.25, 0.3) is 5.91 Å². The lowest BCUT2D eigenvalue weighted by atomic mass is 10.2. The SMILES string of the molecule is CCCOc1ccc(C(=O)Oc2ccc(C=NNC(=O)COc3ccccc3Cl)cc2OC)cc1. The lowest BCUT2D eigenvalue weighted by molar-refractivity contribution is -0.123. The van der Waals surface area contributed by atoms with Crippen molar-refractivity contribution < 1.29 is 28.5 Å². The van der Waals surface area contributed by atoms with E-state index in [4.69, 9.17) is 30.5 Å². The third-order valence-corrected chi connectivity index (χ3v) is 4.86. The monoisotopic (exact) mass is 496 g/mol. The Morgan fingerprint density at radius 1 is 0.971 bits per heavy atom. The molecule has 1 amide bonds. The quantitative estimate of drug-likeness (QED) is 0.176. The fraction of sp³-hybridized carbons (Fsp3) is 0.192. The number of ether oxygens (including phenoxy) is 4. The predicted molar refractivity (Wildman–Crippen MR) is 133 cm³/mol. The van der Waals surface area contributed by atoms with Crippen LogP contribution in [0.25, 0.3) is 0 Å². The average Bonchev–Trinajstić information content (AvgIpc) is 2.88. The van der Waals surface area contributed by atoms with E-state index in [-0.39, 0.29) is 12.4 Å². The lowest BCUT2D eigenvalue weighted by Crippen LogP contribution is -2.24. The third kappa shape index (κ3) is 7.75. The second-order valence-electron chi connectivity index (χ2n) is 7.18. The van der Waals surface area contributed by atoms with E-state index in [1.807, 2.05) is 6.92 Å². The minimum Gasteiger partial charge on any atom is -0.494 e. The number of para-hydroxylation sites is 1. The molecule has 0 saturated carbocycles. The molecule has 0 aromatic heterocycles. The molecule has 0 heterocycles. The van der Waals surface area contributed by atoms with E-state index in [2.05, 4.69) is 10.5 Å². The normalized spacial score (nSPS) is 10.6. The number of halogens is 1. The van der Waals surface area contributed by atoms with Crippen LogP contribution in [-0.4, -0.2) is 38.4 Å². The number of hydrazone groups is 1. The third-order valence-electron chi connectivity index (χ3n) is 4.55. The van der Waals surface area contributed by atoms with Gasteiger partial charge in [-0.05, 0) is 66.6 Å². The van der Waals surface area contributed by atoms with Crippen molar-refractivity contribution in [2.24, 2.45) is 5.10 Å². The number of nitrogens with one attached hydrogen (secondary N) is 1. The maximum atomic E-state index is 12.5. The highest BCUT2D eigenvalue weighted by Gasteiger charge is 2.13. The Bertz CT molecular complexity index is 1180. The molecule has 3 aromatic rings. The first-order valence-electron chi connectivity index (χ1n) is 10.8. The Kier molecular flexibility index (Phi) is 9.50. The van der Waals surface area contributed by atoms with Gasteiger partial charge in [-0.2, -0.15) is 5.10 Å². The van der Waals surface area contributed by atoms with E-state index in [9.17, 15) is 9.59 Å². The molecule has 0 spiro atoms. The van der Waals surface area contributed by atoms with Crippen LogP contribution in [0.4, 0.5) is 0 Å². The molecule has 3 rings (SSSR count). The fourth-order valence-electron chi connectivity index (χ4n) is 2.83. The summed E-state index contributed by atoms with van der Waals surface area (Å²) in [5.41, 5.74) is 3.36. The summed E-state index contributed by atoms with van der Waals surface area (Å²) in [7, 11) is 1.46. The molecule has 0 unspecified atom stereocenters. The molecular formula is C26H25ClN2O6. The molecule has 1 N–H and O–H groups in total. The number of carbonyl (C=O) groups excluding carboxylic acids is 2. The predicted octanol–water partition coefficient (Wildman–Crippen LogP) is 4.89. The first kappa shape index (κ1) is 25.6. The Morgan fingerprint density at radius 3 is 2.46 bits per heavy atom. The van der Waals surface area contributed by atoms with Gasteiger partial charge in [-0.1, -0.05) is 30.7 Å². The number of hydrogen-bond donors (Lipinski definition) is 1. The van der Waals surface area contributed by atoms with Gasteiger partial charge in [-0.15, -0.1) is 0 Å². The molecule has 0 aliphatic rings. The van der Waals surface area contributed by atoms with E-state index in [1.54, 1.807) is 66.7 Å². The van der Waals surface area contributed by atoms with Crippen molar-refractivity contribution >= 4 is 29.7 Å². The smallest absolute Gasteiger partial charge is 0.343 e. The summed E-state index contributed by atoms with van der Waals surface area (Å²) < 4.78 is 21.7. The van der Waals surface area contributed by atoms with Crippen LogP contribution in [0, 0.1) is 0 Å². The lowest BCUT2D eigenvalue weighted by Gasteiger charge is -2.10. The van der Waals surface area contributed by atoms with Crippen molar-refractivity contribution in [2.75, 3.05) is 20.3 Å². The molecule has 8 nitrogen and oxygen atoms in total. The average molecular weight is 497 g/mol. The second kappa shape index (κ2) is 13.0. The molecule has 0 aliphatic heterocycles. The zero-order valence-electron chi connectivity index (χ0n) is 19.3. The van der Waals surface area contributed by atoms with E-state index < -0.39 is 11.9 Å². The van der Waals surface area contributed by atoms with Gasteiger partial charge in [0.2, 0.25) is 0 Å². The maximum Gasteiger partial charge on any atom is 0.343 e. The van der Waals surface area contributed by atoms with Gasteiger partial charge in [0.05, 0.1) is 30.5 Å². The van der Waals surface area contributed by atoms with Gasteiger partial charge in [0, 0.05) is 0 Å². The van der Waals surface area contributed by atoms with Crippen molar-refractivity contribution in [3.8, 4) is 23.0 Å². The molecule has 35 heavy (non-hydrogen) atoms. The largest absolute Gasteiger partial charge is 0.494 e. The van der Waals surface area contributed by atoms with E-state index >= 15 is 0 Å². The zero-order chi connectivity index (χ0) is 25.0. The first-order chi connectivity index (χ1) is 17.0. The van der Waals surface area contributed by atoms with Crippen molar-refractivity contribution in [3.05, 3.63) is 82.9 Å². The minimum absolute atomic E-state index is 0.245. The van der Waals surface area contributed by atoms with E-state index in [0.717, 1.165) is 6.42 Å². The number of rotatable bonds is 11. The molecular weight excluding hydrogens is 472 g/mol. The molecule has 0 aliphatic carbocycles. The van der Waals surface area contributed by atoms with E-state index in [0.29, 0.717) is 40.0 Å². The zero-order valence-corrected chi connectivity index (χ0v) is 20.1. The van der Waals surface area contributed by atoms with Crippen molar-refractivity contribution in [2.45, 2.75) is 13.3 Å². The minimum atomic E-state index is -0.530. The number of carbonyl (C=O) groups is 2. The standard InChI is InChI=1S/C26H25ClN2O6/c1-3-14-33-20-11-9-19(10-12-20)26(31)35-23-13-8-18(15-24(23)32-2)16-28-29-25(30)17-34-22-7-5-4-6-21(22)27/h4-13,15-16H,3,14,17H2,1-2H3,(H,29,30). The molecule has 0 atom stereocenters. The number of esters is 1. The molecule has 0 bridgehead atoms.